The van der Waals surface area contributed by atoms with Gasteiger partial charge in [0.15, 0.2) is 23.9 Å². The maximum Gasteiger partial charge on any atom is 0.714 e. The van der Waals surface area contributed by atoms with E-state index in [0.29, 0.717) is 0 Å². The van der Waals surface area contributed by atoms with Crippen molar-refractivity contribution in [2.75, 3.05) is 0 Å². The van der Waals surface area contributed by atoms with E-state index in [1.165, 1.54) is 0 Å². The van der Waals surface area contributed by atoms with Gasteiger partial charge in [-0.3, -0.25) is 0 Å². The van der Waals surface area contributed by atoms with Gasteiger partial charge in [-0.05, 0) is 43.2 Å². The molecule has 3 heterocycles. The summed E-state index contributed by atoms with van der Waals surface area (Å²) in [7, 11) is 0. The van der Waals surface area contributed by atoms with E-state index in [4.69, 9.17) is 9.47 Å². The van der Waals surface area contributed by atoms with Crippen molar-refractivity contribution in [3.8, 4) is 22.8 Å². The van der Waals surface area contributed by atoms with Crippen molar-refractivity contribution in [1.82, 2.24) is 0 Å². The highest BCUT2D eigenvalue weighted by molar-refractivity contribution is 5.82. The molecule has 0 saturated carbocycles. The van der Waals surface area contributed by atoms with Gasteiger partial charge in [0.05, 0.1) is 11.1 Å². The van der Waals surface area contributed by atoms with Crippen LogP contribution in [0.25, 0.3) is 11.3 Å². The molecule has 4 nitrogen and oxygen atoms in total. The number of aryl methyl sites for hydroxylation is 2. The Hall–Kier alpha value is -3.92. The predicted octanol–water partition coefficient (Wildman–Crippen LogP) is 5.07. The fourth-order valence-electron chi connectivity index (χ4n) is 4.46. The maximum absolute atomic E-state index is 6.83. The standard InChI is InChI=1S/C27H22N2O2/c1-19-10-8-12-21-18-29(22-13-4-3-5-14-22)27(30-25(19)21)28-17-7-6-16-24(28)23-15-9-11-20(2)26(23)31-27/h3-18H,1-2H3/q+2/t27-/m1/s1. The quantitative estimate of drug-likeness (QED) is 0.412. The molecule has 1 aromatic heterocycles. The molecule has 2 aliphatic heterocycles. The van der Waals surface area contributed by atoms with Crippen LogP contribution < -0.4 is 14.0 Å². The average molecular weight is 406 g/mol. The van der Waals surface area contributed by atoms with Gasteiger partial charge in [0, 0.05) is 24.3 Å². The molecule has 2 aliphatic rings. The van der Waals surface area contributed by atoms with Crippen LogP contribution in [0.1, 0.15) is 16.7 Å². The molecular weight excluding hydrogens is 384 g/mol. The molecule has 31 heavy (non-hydrogen) atoms. The van der Waals surface area contributed by atoms with Gasteiger partial charge in [-0.2, -0.15) is 0 Å². The molecule has 6 rings (SSSR count). The number of ether oxygens (including phenoxy) is 2. The number of rotatable bonds is 1. The second kappa shape index (κ2) is 6.54. The zero-order chi connectivity index (χ0) is 21.0. The van der Waals surface area contributed by atoms with Gasteiger partial charge in [-0.25, -0.2) is 0 Å². The number of aromatic nitrogens is 1. The smallest absolute Gasteiger partial charge is 0.340 e. The van der Waals surface area contributed by atoms with Crippen molar-refractivity contribution in [2.24, 2.45) is 0 Å². The third kappa shape index (κ3) is 2.55. The summed E-state index contributed by atoms with van der Waals surface area (Å²) in [6, 6.07) is 27.6. The highest BCUT2D eigenvalue weighted by Crippen LogP contribution is 2.43. The van der Waals surface area contributed by atoms with Crippen LogP contribution in [-0.2, 0) is 6.03 Å². The van der Waals surface area contributed by atoms with Crippen LogP contribution in [0.5, 0.6) is 11.5 Å². The second-order valence-electron chi connectivity index (χ2n) is 7.99. The Balaban J connectivity index is 1.70. The van der Waals surface area contributed by atoms with Crippen LogP contribution in [0.4, 0.5) is 5.69 Å². The van der Waals surface area contributed by atoms with Crippen molar-refractivity contribution < 1.29 is 18.6 Å². The van der Waals surface area contributed by atoms with E-state index in [9.17, 15) is 0 Å². The molecule has 0 saturated heterocycles. The summed E-state index contributed by atoms with van der Waals surface area (Å²) < 4.78 is 17.8. The number of para-hydroxylation sites is 3. The van der Waals surface area contributed by atoms with Crippen molar-refractivity contribution >= 4 is 11.9 Å². The first-order chi connectivity index (χ1) is 15.2. The lowest BCUT2D eigenvalue weighted by atomic mass is 10.0. The molecule has 4 heteroatoms. The Morgan fingerprint density at radius 2 is 1.39 bits per heavy atom. The van der Waals surface area contributed by atoms with Gasteiger partial charge in [-0.15, -0.1) is 0 Å². The van der Waals surface area contributed by atoms with Gasteiger partial charge in [0.2, 0.25) is 11.4 Å². The summed E-state index contributed by atoms with van der Waals surface area (Å²) in [5.74, 6) is 1.66. The molecule has 1 atom stereocenters. The topological polar surface area (TPSA) is 25.4 Å². The van der Waals surface area contributed by atoms with Crippen molar-refractivity contribution in [3.05, 3.63) is 108 Å². The molecule has 4 aromatic rings. The second-order valence-corrected chi connectivity index (χ2v) is 7.99. The Bertz CT molecular complexity index is 1360. The van der Waals surface area contributed by atoms with E-state index in [-0.39, 0.29) is 0 Å². The summed E-state index contributed by atoms with van der Waals surface area (Å²) >= 11 is 0. The third-order valence-corrected chi connectivity index (χ3v) is 5.97. The fourth-order valence-corrected chi connectivity index (χ4v) is 4.46. The Kier molecular flexibility index (Phi) is 3.78. The van der Waals surface area contributed by atoms with Gasteiger partial charge in [0.25, 0.3) is 0 Å². The highest BCUT2D eigenvalue weighted by Gasteiger charge is 2.66. The van der Waals surface area contributed by atoms with E-state index in [0.717, 1.165) is 45.1 Å². The van der Waals surface area contributed by atoms with Crippen LogP contribution in [0.15, 0.2) is 91.1 Å². The number of pyridine rings is 1. The van der Waals surface area contributed by atoms with E-state index >= 15 is 0 Å². The van der Waals surface area contributed by atoms with Crippen molar-refractivity contribution in [2.45, 2.75) is 19.9 Å². The summed E-state index contributed by atoms with van der Waals surface area (Å²) in [4.78, 5) is 0. The third-order valence-electron chi connectivity index (χ3n) is 5.97. The fraction of sp³-hybridized carbons (Fsp3) is 0.111. The molecule has 0 bridgehead atoms. The molecule has 0 unspecified atom stereocenters. The van der Waals surface area contributed by atoms with E-state index in [1.807, 2.05) is 30.5 Å². The first-order valence-corrected chi connectivity index (χ1v) is 10.5. The van der Waals surface area contributed by atoms with Gasteiger partial charge < -0.3 is 9.47 Å². The number of hydrogen-bond donors (Lipinski definition) is 0. The van der Waals surface area contributed by atoms with Crippen molar-refractivity contribution in [1.29, 1.82) is 0 Å². The van der Waals surface area contributed by atoms with Gasteiger partial charge in [-0.1, -0.05) is 51.6 Å². The van der Waals surface area contributed by atoms with Gasteiger partial charge >= 0.3 is 6.03 Å². The number of hydrogen-bond acceptors (Lipinski definition) is 2. The minimum Gasteiger partial charge on any atom is -0.340 e. The zero-order valence-electron chi connectivity index (χ0n) is 17.4. The van der Waals surface area contributed by atoms with E-state index in [2.05, 4.69) is 89.9 Å². The minimum absolute atomic E-state index is 0.828. The molecule has 3 aromatic carbocycles. The van der Waals surface area contributed by atoms with Crippen LogP contribution in [0.3, 0.4) is 0 Å². The summed E-state index contributed by atoms with van der Waals surface area (Å²) in [5, 5.41) is 0. The largest absolute Gasteiger partial charge is 0.714 e. The predicted molar refractivity (Wildman–Crippen MR) is 119 cm³/mol. The number of fused-ring (bicyclic) bond motifs is 5. The first-order valence-electron chi connectivity index (χ1n) is 10.5. The van der Waals surface area contributed by atoms with E-state index in [1.54, 1.807) is 0 Å². The van der Waals surface area contributed by atoms with Crippen LogP contribution in [0, 0.1) is 13.8 Å². The summed E-state index contributed by atoms with van der Waals surface area (Å²) in [5.41, 5.74) is 6.23. The van der Waals surface area contributed by atoms with Crippen LogP contribution in [-0.4, -0.2) is 10.8 Å². The lowest BCUT2D eigenvalue weighted by Gasteiger charge is -2.32. The molecule has 0 aliphatic carbocycles. The number of nitrogens with zero attached hydrogens (tertiary/aromatic N) is 2. The molecular formula is C27H22N2O2+2. The highest BCUT2D eigenvalue weighted by atomic mass is 16.7. The monoisotopic (exact) mass is 406 g/mol. The Morgan fingerprint density at radius 3 is 2.23 bits per heavy atom. The summed E-state index contributed by atoms with van der Waals surface area (Å²) in [6.07, 6.45) is 4.14. The van der Waals surface area contributed by atoms with Crippen LogP contribution >= 0.6 is 0 Å². The maximum atomic E-state index is 6.83. The lowest BCUT2D eigenvalue weighted by molar-refractivity contribution is -0.987. The summed E-state index contributed by atoms with van der Waals surface area (Å²) in [6.45, 7) is 4.14. The van der Waals surface area contributed by atoms with Crippen LogP contribution in [0.2, 0.25) is 0 Å². The molecule has 1 spiro atoms. The van der Waals surface area contributed by atoms with Gasteiger partial charge in [0.1, 0.15) is 0 Å². The SMILES string of the molecule is Cc1cccc2c1O[C@]1(Oc3c(C)cccc3-c3cccc[n+]31)[N+](c1ccccc1)=C2. The Labute approximate surface area is 181 Å². The van der Waals surface area contributed by atoms with Crippen molar-refractivity contribution in [3.63, 3.8) is 0 Å². The molecule has 150 valence electrons. The minimum atomic E-state index is -1.23. The molecule has 0 amide bonds. The Morgan fingerprint density at radius 1 is 0.677 bits per heavy atom. The molecule has 0 fully saturated rings. The molecule has 0 N–H and O–H groups in total. The number of benzene rings is 3. The first kappa shape index (κ1) is 17.9. The lowest BCUT2D eigenvalue weighted by Crippen LogP contribution is -2.72. The van der Waals surface area contributed by atoms with E-state index < -0.39 is 6.03 Å². The normalized spacial score (nSPS) is 18.2. The molecule has 0 radical (unpaired) electrons. The zero-order valence-corrected chi connectivity index (χ0v) is 17.4. The average Bonchev–Trinajstić information content (AvgIpc) is 2.81.